The second-order valence-electron chi connectivity index (χ2n) is 10.3. The molecule has 0 spiro atoms. The van der Waals surface area contributed by atoms with Gasteiger partial charge in [0.1, 0.15) is 12.2 Å². The van der Waals surface area contributed by atoms with E-state index in [0.717, 1.165) is 0 Å². The molecule has 160 valence electrons. The molecule has 0 radical (unpaired) electrons. The highest BCUT2D eigenvalue weighted by Gasteiger charge is 2.76. The summed E-state index contributed by atoms with van der Waals surface area (Å²) >= 11 is 0. The van der Waals surface area contributed by atoms with Gasteiger partial charge in [0.25, 0.3) is 0 Å². The van der Waals surface area contributed by atoms with Crippen molar-refractivity contribution in [2.45, 2.75) is 64.3 Å². The van der Waals surface area contributed by atoms with Crippen LogP contribution in [0.5, 0.6) is 0 Å². The largest absolute Gasteiger partial charge is 0.390 e. The van der Waals surface area contributed by atoms with E-state index in [-0.39, 0.29) is 24.0 Å². The molecule has 3 fully saturated rings. The molecule has 0 saturated heterocycles. The van der Waals surface area contributed by atoms with Gasteiger partial charge < -0.3 is 15.3 Å². The average molecular weight is 406 g/mol. The number of ketones is 2. The van der Waals surface area contributed by atoms with Crippen molar-refractivity contribution in [1.82, 2.24) is 0 Å². The Kier molecular flexibility index (Phi) is 4.38. The molecule has 3 N–H and O–H groups in total. The number of alkyl halides is 1. The van der Waals surface area contributed by atoms with Crippen LogP contribution in [0, 0.1) is 34.5 Å². The maximum absolute atomic E-state index is 17.0. The Balaban J connectivity index is 1.87. The first-order valence-corrected chi connectivity index (χ1v) is 10.6. The molecule has 3 saturated carbocycles. The number of fused-ring (bicyclic) bond motifs is 5. The van der Waals surface area contributed by atoms with Gasteiger partial charge in [0, 0.05) is 16.7 Å². The van der Waals surface area contributed by atoms with Crippen LogP contribution in [0.15, 0.2) is 23.8 Å². The SMILES string of the molecule is CC1CC2C3C[C@H](C)C(O)(C(=O)CO)C3(C)CC(O)C2(F)C2(C)C=CC(=O)C=C12. The fourth-order valence-corrected chi connectivity index (χ4v) is 7.65. The molecule has 0 amide bonds. The zero-order valence-corrected chi connectivity index (χ0v) is 17.5. The van der Waals surface area contributed by atoms with Gasteiger partial charge in [-0.2, -0.15) is 0 Å². The van der Waals surface area contributed by atoms with E-state index in [1.165, 1.54) is 12.2 Å². The molecule has 0 aromatic rings. The molecule has 4 aliphatic rings. The van der Waals surface area contributed by atoms with E-state index in [0.29, 0.717) is 18.4 Å². The predicted octanol–water partition coefficient (Wildman–Crippen LogP) is 2.14. The standard InChI is InChI=1S/C23H31FO5/c1-12-7-17-16-8-13(2)23(29,19(28)11-25)21(16,4)10-18(27)22(17,24)20(3)6-5-14(26)9-15(12)20/h5-6,9,12-13,16-18,25,27,29H,7-8,10-11H2,1-4H3/t12?,13-,16?,17?,18?,20?,21?,22?,23?/m0/s1. The molecule has 0 aliphatic heterocycles. The van der Waals surface area contributed by atoms with E-state index in [2.05, 4.69) is 0 Å². The van der Waals surface area contributed by atoms with Gasteiger partial charge in [-0.3, -0.25) is 9.59 Å². The zero-order valence-electron chi connectivity index (χ0n) is 17.5. The second-order valence-corrected chi connectivity index (χ2v) is 10.3. The van der Waals surface area contributed by atoms with Crippen LogP contribution in [-0.2, 0) is 9.59 Å². The van der Waals surface area contributed by atoms with Crippen molar-refractivity contribution in [2.24, 2.45) is 34.5 Å². The number of carbonyl (C=O) groups is 2. The van der Waals surface area contributed by atoms with Gasteiger partial charge in [-0.1, -0.05) is 32.4 Å². The number of halogens is 1. The lowest BCUT2D eigenvalue weighted by Gasteiger charge is -2.63. The van der Waals surface area contributed by atoms with Crippen LogP contribution in [0.1, 0.15) is 47.0 Å². The molecule has 0 bridgehead atoms. The highest BCUT2D eigenvalue weighted by atomic mass is 19.1. The zero-order chi connectivity index (χ0) is 21.6. The Bertz CT molecular complexity index is 835. The van der Waals surface area contributed by atoms with Crippen LogP contribution in [-0.4, -0.2) is 50.9 Å². The van der Waals surface area contributed by atoms with Gasteiger partial charge in [-0.25, -0.2) is 4.39 Å². The van der Waals surface area contributed by atoms with Crippen molar-refractivity contribution in [3.8, 4) is 0 Å². The molecule has 6 heteroatoms. The van der Waals surface area contributed by atoms with Gasteiger partial charge in [0.15, 0.2) is 17.2 Å². The molecule has 0 aromatic carbocycles. The molecule has 4 aliphatic carbocycles. The summed E-state index contributed by atoms with van der Waals surface area (Å²) in [6.45, 7) is 6.46. The van der Waals surface area contributed by atoms with Gasteiger partial charge in [0.05, 0.1) is 6.10 Å². The lowest BCUT2D eigenvalue weighted by molar-refractivity contribution is -0.223. The summed E-state index contributed by atoms with van der Waals surface area (Å²) in [6, 6.07) is 0. The van der Waals surface area contributed by atoms with Crippen LogP contribution in [0.3, 0.4) is 0 Å². The molecule has 4 rings (SSSR count). The predicted molar refractivity (Wildman–Crippen MR) is 104 cm³/mol. The Hall–Kier alpha value is -1.37. The third kappa shape index (κ3) is 2.20. The van der Waals surface area contributed by atoms with Crippen molar-refractivity contribution in [3.05, 3.63) is 23.8 Å². The van der Waals surface area contributed by atoms with E-state index >= 15 is 4.39 Å². The molecular weight excluding hydrogens is 375 g/mol. The lowest BCUT2D eigenvalue weighted by Crippen LogP contribution is -2.70. The van der Waals surface area contributed by atoms with E-state index in [4.69, 9.17) is 0 Å². The molecule has 0 heterocycles. The van der Waals surface area contributed by atoms with Crippen molar-refractivity contribution in [1.29, 1.82) is 0 Å². The van der Waals surface area contributed by atoms with Crippen LogP contribution in [0.4, 0.5) is 4.39 Å². The molecule has 8 unspecified atom stereocenters. The normalized spacial score (nSPS) is 53.7. The van der Waals surface area contributed by atoms with E-state index in [1.807, 2.05) is 6.92 Å². The van der Waals surface area contributed by atoms with Crippen molar-refractivity contribution in [3.63, 3.8) is 0 Å². The van der Waals surface area contributed by atoms with Crippen molar-refractivity contribution < 1.29 is 29.3 Å². The minimum atomic E-state index is -2.00. The fourth-order valence-electron chi connectivity index (χ4n) is 7.65. The number of hydrogen-bond donors (Lipinski definition) is 3. The number of aliphatic hydroxyl groups excluding tert-OH is 2. The van der Waals surface area contributed by atoms with Gasteiger partial charge >= 0.3 is 0 Å². The van der Waals surface area contributed by atoms with E-state index in [1.54, 1.807) is 26.8 Å². The summed E-state index contributed by atoms with van der Waals surface area (Å²) in [5.74, 6) is -2.23. The number of aliphatic hydroxyl groups is 3. The Morgan fingerprint density at radius 2 is 1.90 bits per heavy atom. The third-order valence-corrected chi connectivity index (χ3v) is 9.12. The minimum absolute atomic E-state index is 0.0603. The number of allylic oxidation sites excluding steroid dienone is 4. The maximum Gasteiger partial charge on any atom is 0.190 e. The quantitative estimate of drug-likeness (QED) is 0.653. The maximum atomic E-state index is 17.0. The van der Waals surface area contributed by atoms with Gasteiger partial charge in [-0.15, -0.1) is 0 Å². The van der Waals surface area contributed by atoms with Gasteiger partial charge in [0.2, 0.25) is 0 Å². The Morgan fingerprint density at radius 1 is 1.24 bits per heavy atom. The third-order valence-electron chi connectivity index (χ3n) is 9.12. The minimum Gasteiger partial charge on any atom is -0.390 e. The topological polar surface area (TPSA) is 94.8 Å². The lowest BCUT2D eigenvalue weighted by atomic mass is 9.43. The summed E-state index contributed by atoms with van der Waals surface area (Å²) in [6.07, 6.45) is 3.89. The van der Waals surface area contributed by atoms with Crippen LogP contribution < -0.4 is 0 Å². The first-order valence-electron chi connectivity index (χ1n) is 10.6. The second kappa shape index (κ2) is 6.08. The van der Waals surface area contributed by atoms with Crippen molar-refractivity contribution >= 4 is 11.6 Å². The van der Waals surface area contributed by atoms with Crippen molar-refractivity contribution in [2.75, 3.05) is 6.61 Å². The molecule has 29 heavy (non-hydrogen) atoms. The van der Waals surface area contributed by atoms with Crippen LogP contribution in [0.25, 0.3) is 0 Å². The molecule has 5 nitrogen and oxygen atoms in total. The fraction of sp³-hybridized carbons (Fsp3) is 0.739. The summed E-state index contributed by atoms with van der Waals surface area (Å²) < 4.78 is 17.0. The average Bonchev–Trinajstić information content (AvgIpc) is 2.86. The summed E-state index contributed by atoms with van der Waals surface area (Å²) in [7, 11) is 0. The highest BCUT2D eigenvalue weighted by molar-refractivity contribution is 6.01. The Labute approximate surface area is 170 Å². The number of carbonyl (C=O) groups excluding carboxylic acids is 2. The van der Waals surface area contributed by atoms with E-state index < -0.39 is 52.4 Å². The summed E-state index contributed by atoms with van der Waals surface area (Å²) in [4.78, 5) is 24.6. The molecule has 9 atom stereocenters. The highest BCUT2D eigenvalue weighted by Crippen LogP contribution is 2.71. The first-order chi connectivity index (χ1) is 13.4. The Morgan fingerprint density at radius 3 is 2.52 bits per heavy atom. The van der Waals surface area contributed by atoms with Gasteiger partial charge in [-0.05, 0) is 56.1 Å². The first kappa shape index (κ1) is 20.9. The number of hydrogen-bond acceptors (Lipinski definition) is 5. The smallest absolute Gasteiger partial charge is 0.190 e. The van der Waals surface area contributed by atoms with E-state index in [9.17, 15) is 24.9 Å². The monoisotopic (exact) mass is 406 g/mol. The molecule has 0 aromatic heterocycles. The number of rotatable bonds is 2. The molecular formula is C23H31FO5. The summed E-state index contributed by atoms with van der Waals surface area (Å²) in [5.41, 5.74) is -5.24. The van der Waals surface area contributed by atoms with Crippen LogP contribution in [0.2, 0.25) is 0 Å². The summed E-state index contributed by atoms with van der Waals surface area (Å²) in [5, 5.41) is 32.2. The number of Topliss-reactive ketones (excluding diaryl/α,β-unsaturated/α-hetero) is 1. The van der Waals surface area contributed by atoms with Crippen LogP contribution >= 0.6 is 0 Å².